The van der Waals surface area contributed by atoms with Crippen LogP contribution in [0.1, 0.15) is 31.4 Å². The van der Waals surface area contributed by atoms with E-state index in [9.17, 15) is 4.21 Å². The van der Waals surface area contributed by atoms with E-state index < -0.39 is 10.6 Å². The quantitative estimate of drug-likeness (QED) is 0.483. The summed E-state index contributed by atoms with van der Waals surface area (Å²) in [6, 6.07) is 10.0. The van der Waals surface area contributed by atoms with Crippen molar-refractivity contribution in [2.45, 2.75) is 25.9 Å². The number of nitrogens with zero attached hydrogens (tertiary/aromatic N) is 2. The third kappa shape index (κ3) is 4.08. The Labute approximate surface area is 116 Å². The van der Waals surface area contributed by atoms with Crippen molar-refractivity contribution in [3.05, 3.63) is 35.9 Å². The van der Waals surface area contributed by atoms with Crippen molar-refractivity contribution in [1.82, 2.24) is 4.31 Å². The summed E-state index contributed by atoms with van der Waals surface area (Å²) in [6.45, 7) is 3.45. The molecule has 19 heavy (non-hydrogen) atoms. The zero-order valence-corrected chi connectivity index (χ0v) is 11.9. The summed E-state index contributed by atoms with van der Waals surface area (Å²) in [5.41, 5.74) is 2.15. The first-order valence-corrected chi connectivity index (χ1v) is 7.67. The van der Waals surface area contributed by atoms with E-state index in [4.69, 9.17) is 4.84 Å². The first-order chi connectivity index (χ1) is 9.16. The molecule has 2 rings (SSSR count). The highest BCUT2D eigenvalue weighted by atomic mass is 32.2. The van der Waals surface area contributed by atoms with Crippen LogP contribution in [0.3, 0.4) is 0 Å². The molecule has 1 atom stereocenters. The van der Waals surface area contributed by atoms with E-state index >= 15 is 0 Å². The molecule has 0 spiro atoms. The average molecular weight is 279 g/mol. The third-order valence-electron chi connectivity index (χ3n) is 3.20. The molecule has 1 aromatic carbocycles. The van der Waals surface area contributed by atoms with E-state index in [1.54, 1.807) is 0 Å². The average Bonchev–Trinajstić information content (AvgIpc) is 2.46. The van der Waals surface area contributed by atoms with E-state index in [2.05, 4.69) is 11.0 Å². The second-order valence-corrected chi connectivity index (χ2v) is 5.73. The molecule has 5 heteroatoms. The van der Waals surface area contributed by atoms with E-state index in [0.29, 0.717) is 0 Å². The molecule has 0 saturated carbocycles. The van der Waals surface area contributed by atoms with Crippen LogP contribution in [0.2, 0.25) is 0 Å². The van der Waals surface area contributed by atoms with Gasteiger partial charge in [0.05, 0.1) is 5.71 Å². The lowest BCUT2D eigenvalue weighted by molar-refractivity contribution is 0.0708. The van der Waals surface area contributed by atoms with Crippen LogP contribution in [-0.4, -0.2) is 29.0 Å². The molecule has 0 N–H and O–H groups in total. The highest BCUT2D eigenvalue weighted by Gasteiger charge is 2.12. The van der Waals surface area contributed by atoms with Gasteiger partial charge in [-0.15, -0.1) is 0 Å². The van der Waals surface area contributed by atoms with Gasteiger partial charge in [0.2, 0.25) is 0 Å². The lowest BCUT2D eigenvalue weighted by atomic mass is 10.1. The molecule has 4 nitrogen and oxygen atoms in total. The minimum absolute atomic E-state index is 0.0475. The topological polar surface area (TPSA) is 41.9 Å². The first kappa shape index (κ1) is 14.1. The van der Waals surface area contributed by atoms with E-state index in [-0.39, 0.29) is 6.10 Å². The summed E-state index contributed by atoms with van der Waals surface area (Å²) in [5.74, 6) is 3.53. The minimum Gasteiger partial charge on any atom is -0.448 e. The normalized spacial score (nSPS) is 18.3. The highest BCUT2D eigenvalue weighted by molar-refractivity contribution is 7.80. The number of oxime groups is 1. The molecule has 1 aliphatic rings. The predicted octanol–water partition coefficient (Wildman–Crippen LogP) is 2.53. The Morgan fingerprint density at radius 1 is 1.32 bits per heavy atom. The van der Waals surface area contributed by atoms with Crippen molar-refractivity contribution in [2.75, 3.05) is 13.1 Å². The molecule has 1 aromatic rings. The molecule has 104 valence electrons. The van der Waals surface area contributed by atoms with Crippen LogP contribution < -0.4 is 0 Å². The molecular weight excluding hydrogens is 260 g/mol. The lowest BCUT2D eigenvalue weighted by Crippen LogP contribution is -2.32. The number of piperidine rings is 1. The van der Waals surface area contributed by atoms with Crippen LogP contribution in [0.15, 0.2) is 35.5 Å². The van der Waals surface area contributed by atoms with Gasteiger partial charge in [0.25, 0.3) is 0 Å². The monoisotopic (exact) mass is 279 g/mol. The highest BCUT2D eigenvalue weighted by Crippen LogP contribution is 2.17. The number of benzene rings is 1. The molecule has 0 aromatic heterocycles. The Bertz CT molecular complexity index is 493. The van der Waals surface area contributed by atoms with Crippen LogP contribution in [0.5, 0.6) is 0 Å². The molecular formula is C14H19N2O2S-. The summed E-state index contributed by atoms with van der Waals surface area (Å²) in [4.78, 5) is 5.54. The van der Waals surface area contributed by atoms with E-state index in [1.165, 1.54) is 0 Å². The summed E-state index contributed by atoms with van der Waals surface area (Å²) in [5, 5.41) is 4.22. The summed E-state index contributed by atoms with van der Waals surface area (Å²) in [6.07, 6.45) is 1.54. The number of hydrogen-bond acceptors (Lipinski definition) is 4. The number of rotatable bonds is 4. The van der Waals surface area contributed by atoms with E-state index in [1.807, 2.05) is 41.6 Å². The molecule has 1 unspecified atom stereocenters. The van der Waals surface area contributed by atoms with Gasteiger partial charge in [-0.1, -0.05) is 35.5 Å². The summed E-state index contributed by atoms with van der Waals surface area (Å²) < 4.78 is 13.1. The molecule has 1 fully saturated rings. The Kier molecular flexibility index (Phi) is 4.99. The Hall–Kier alpha value is -1.33. The van der Waals surface area contributed by atoms with Crippen LogP contribution in [0.25, 0.3) is 0 Å². The maximum atomic E-state index is 11.2. The zero-order valence-electron chi connectivity index (χ0n) is 11.1. The summed E-state index contributed by atoms with van der Waals surface area (Å²) in [7, 11) is -1.12. The maximum Gasteiger partial charge on any atom is 0.149 e. The van der Waals surface area contributed by atoms with Gasteiger partial charge in [-0.2, -0.15) is 5.87 Å². The van der Waals surface area contributed by atoms with Gasteiger partial charge in [-0.3, -0.25) is 0 Å². The van der Waals surface area contributed by atoms with Gasteiger partial charge < -0.3 is 13.4 Å². The molecule has 1 saturated heterocycles. The Balaban J connectivity index is 1.87. The molecule has 0 bridgehead atoms. The van der Waals surface area contributed by atoms with Gasteiger partial charge >= 0.3 is 0 Å². The fourth-order valence-electron chi connectivity index (χ4n) is 1.98. The number of hydrogen-bond donors (Lipinski definition) is 0. The molecule has 1 aliphatic heterocycles. The SMILES string of the molecule is C=[S-](=O)N1CCC(=NOC(C)c2ccccc2)CC1. The molecule has 0 aliphatic carbocycles. The Morgan fingerprint density at radius 3 is 2.53 bits per heavy atom. The van der Waals surface area contributed by atoms with Crippen molar-refractivity contribution in [3.63, 3.8) is 0 Å². The van der Waals surface area contributed by atoms with E-state index in [0.717, 1.165) is 37.2 Å². The van der Waals surface area contributed by atoms with Crippen LogP contribution >= 0.6 is 0 Å². The first-order valence-electron chi connectivity index (χ1n) is 6.40. The predicted molar refractivity (Wildman–Crippen MR) is 79.4 cm³/mol. The van der Waals surface area contributed by atoms with Gasteiger partial charge in [0.15, 0.2) is 0 Å². The van der Waals surface area contributed by atoms with Crippen LogP contribution in [0.4, 0.5) is 0 Å². The van der Waals surface area contributed by atoms with Gasteiger partial charge in [-0.25, -0.2) is 10.6 Å². The van der Waals surface area contributed by atoms with Crippen molar-refractivity contribution in [3.8, 4) is 0 Å². The molecule has 0 radical (unpaired) electrons. The molecule has 0 amide bonds. The summed E-state index contributed by atoms with van der Waals surface area (Å²) >= 11 is 0. The fraction of sp³-hybridized carbons (Fsp3) is 0.429. The van der Waals surface area contributed by atoms with Crippen molar-refractivity contribution in [1.29, 1.82) is 0 Å². The second kappa shape index (κ2) is 6.73. The van der Waals surface area contributed by atoms with Crippen LogP contribution in [0, 0.1) is 0 Å². The lowest BCUT2D eigenvalue weighted by Gasteiger charge is -2.31. The standard InChI is InChI=1S/C14H19N2O2S/c1-12(13-6-4-3-5-7-13)18-15-14-8-10-16(11-9-14)19(2)17/h3-7,12H,2,8-11H2,1H3/q-1. The van der Waals surface area contributed by atoms with Crippen molar-refractivity contribution in [2.24, 2.45) is 5.16 Å². The molecule has 1 heterocycles. The maximum absolute atomic E-state index is 11.2. The van der Waals surface area contributed by atoms with Crippen molar-refractivity contribution < 1.29 is 9.05 Å². The zero-order chi connectivity index (χ0) is 13.7. The smallest absolute Gasteiger partial charge is 0.149 e. The fourth-order valence-corrected chi connectivity index (χ4v) is 2.57. The third-order valence-corrected chi connectivity index (χ3v) is 4.14. The second-order valence-electron chi connectivity index (χ2n) is 4.57. The van der Waals surface area contributed by atoms with Crippen LogP contribution in [-0.2, 0) is 19.6 Å². The Morgan fingerprint density at radius 2 is 1.95 bits per heavy atom. The largest absolute Gasteiger partial charge is 0.448 e. The van der Waals surface area contributed by atoms with Gasteiger partial charge in [-0.05, 0) is 25.6 Å². The van der Waals surface area contributed by atoms with Crippen molar-refractivity contribution >= 4 is 22.2 Å². The van der Waals surface area contributed by atoms with Gasteiger partial charge in [0.1, 0.15) is 6.10 Å². The van der Waals surface area contributed by atoms with Gasteiger partial charge in [0, 0.05) is 12.8 Å². The minimum atomic E-state index is -1.12.